The van der Waals surface area contributed by atoms with E-state index < -0.39 is 41.6 Å². The van der Waals surface area contributed by atoms with Crippen molar-refractivity contribution >= 4 is 29.8 Å². The first-order valence-corrected chi connectivity index (χ1v) is 17.5. The summed E-state index contributed by atoms with van der Waals surface area (Å²) in [6, 6.07) is 17.9. The number of H-pyrrole nitrogens is 2. The number of carboxylic acid groups (broad SMARTS) is 1. The van der Waals surface area contributed by atoms with Gasteiger partial charge in [-0.25, -0.2) is 24.4 Å². The van der Waals surface area contributed by atoms with Gasteiger partial charge < -0.3 is 45.4 Å². The highest BCUT2D eigenvalue weighted by Gasteiger charge is 2.42. The number of hydrogen-bond donors (Lipinski definition) is 5. The van der Waals surface area contributed by atoms with Crippen LogP contribution in [0, 0.1) is 0 Å². The predicted octanol–water partition coefficient (Wildman–Crippen LogP) is 3.26. The zero-order chi connectivity index (χ0) is 39.0. The molecule has 2 aromatic heterocycles. The Labute approximate surface area is 312 Å². The predicted molar refractivity (Wildman–Crippen MR) is 197 cm³/mol. The smallest absolute Gasteiger partial charge is 0.408 e. The van der Waals surface area contributed by atoms with Crippen LogP contribution in [0.25, 0.3) is 22.5 Å². The number of carboxylic acids is 1. The van der Waals surface area contributed by atoms with Crippen molar-refractivity contribution in [2.75, 3.05) is 33.3 Å². The minimum atomic E-state index is -1.01. The maximum Gasteiger partial charge on any atom is 0.408 e. The third-order valence-corrected chi connectivity index (χ3v) is 9.09. The highest BCUT2D eigenvalue weighted by atomic mass is 16.6. The molecule has 16 nitrogen and oxygen atoms in total. The summed E-state index contributed by atoms with van der Waals surface area (Å²) in [5, 5.41) is 11.8. The topological polar surface area (TPSA) is 226 Å². The molecule has 4 atom stereocenters. The van der Waals surface area contributed by atoms with E-state index in [1.54, 1.807) is 33.2 Å². The van der Waals surface area contributed by atoms with Gasteiger partial charge in [0.15, 0.2) is 0 Å². The number of hydrogen-bond acceptors (Lipinski definition) is 10. The molecule has 54 heavy (non-hydrogen) atoms. The molecular weight excluding hydrogens is 696 g/mol. The molecule has 0 bridgehead atoms. The highest BCUT2D eigenvalue weighted by molar-refractivity contribution is 5.88. The molecule has 6 rings (SSSR count). The minimum absolute atomic E-state index is 0.135. The number of likely N-dealkylation sites (tertiary alicyclic amines) is 2. The lowest BCUT2D eigenvalue weighted by atomic mass is 10.1. The number of nitrogens with two attached hydrogens (primary N) is 1. The van der Waals surface area contributed by atoms with Gasteiger partial charge in [-0.2, -0.15) is 0 Å². The summed E-state index contributed by atoms with van der Waals surface area (Å²) in [7, 11) is 1.29. The first-order chi connectivity index (χ1) is 25.8. The number of alkyl carbamates (subject to hydrolysis) is 1. The van der Waals surface area contributed by atoms with E-state index >= 15 is 0 Å². The molecule has 4 aromatic rings. The Bertz CT molecular complexity index is 1920. The summed E-state index contributed by atoms with van der Waals surface area (Å²) in [5.41, 5.74) is 8.44. The summed E-state index contributed by atoms with van der Waals surface area (Å²) >= 11 is 0. The fourth-order valence-electron chi connectivity index (χ4n) is 6.51. The Morgan fingerprint density at radius 2 is 1.30 bits per heavy atom. The standard InChI is InChI=1S/C22H28N4O5.C16H18N4O3/c1-22(2,3)31-21(29)24-12-18(27)26-13-15(10-17(26)20(28)30-4)19-23-11-16(25-19)14-8-6-5-7-9-14;17-7-14(21)20-9-11(6-13(20)16(22)23)15-18-8-12(19-15)10-4-2-1-3-5-10/h5-9,11,15,17H,10,12-13H2,1-4H3,(H,23,25)(H,24,29);1-5,8,11,13H,6-7,9,17H2,(H,18,19)(H,22,23)/t15-,17+;11-,13+/m11/s1. The van der Waals surface area contributed by atoms with E-state index in [2.05, 4.69) is 25.3 Å². The fraction of sp³-hybridized carbons (Fsp3) is 0.395. The number of carbonyl (C=O) groups is 5. The second-order valence-corrected chi connectivity index (χ2v) is 14.0. The van der Waals surface area contributed by atoms with Crippen LogP contribution in [-0.4, -0.2) is 116 Å². The van der Waals surface area contributed by atoms with E-state index in [1.807, 2.05) is 60.7 Å². The molecule has 0 aliphatic carbocycles. The number of nitrogens with one attached hydrogen (secondary N) is 3. The van der Waals surface area contributed by atoms with Gasteiger partial charge in [-0.1, -0.05) is 60.7 Å². The Balaban J connectivity index is 0.000000217. The number of carbonyl (C=O) groups excluding carboxylic acids is 4. The molecule has 0 saturated carbocycles. The number of imidazole rings is 2. The van der Waals surface area contributed by atoms with Crippen LogP contribution >= 0.6 is 0 Å². The fourth-order valence-corrected chi connectivity index (χ4v) is 6.51. The van der Waals surface area contributed by atoms with E-state index in [1.165, 1.54) is 16.9 Å². The molecule has 16 heteroatoms. The number of methoxy groups -OCH3 is 1. The van der Waals surface area contributed by atoms with Crippen LogP contribution < -0.4 is 11.1 Å². The van der Waals surface area contributed by atoms with Gasteiger partial charge >= 0.3 is 18.0 Å². The van der Waals surface area contributed by atoms with Crippen LogP contribution in [0.5, 0.6) is 0 Å². The van der Waals surface area contributed by atoms with Crippen LogP contribution in [0.2, 0.25) is 0 Å². The molecule has 6 N–H and O–H groups in total. The van der Waals surface area contributed by atoms with Gasteiger partial charge in [-0.3, -0.25) is 9.59 Å². The lowest BCUT2D eigenvalue weighted by Crippen LogP contribution is -2.46. The Hall–Kier alpha value is -6.03. The van der Waals surface area contributed by atoms with E-state index in [0.29, 0.717) is 31.0 Å². The first-order valence-electron chi connectivity index (χ1n) is 17.5. The van der Waals surface area contributed by atoms with Crippen LogP contribution in [0.1, 0.15) is 57.1 Å². The second kappa shape index (κ2) is 17.2. The molecule has 2 aromatic carbocycles. The third-order valence-electron chi connectivity index (χ3n) is 9.09. The first kappa shape index (κ1) is 39.2. The van der Waals surface area contributed by atoms with E-state index in [0.717, 1.165) is 22.5 Å². The molecule has 4 heterocycles. The summed E-state index contributed by atoms with van der Waals surface area (Å²) < 4.78 is 10.0. The number of amides is 3. The molecule has 2 saturated heterocycles. The van der Waals surface area contributed by atoms with Crippen molar-refractivity contribution in [1.29, 1.82) is 0 Å². The van der Waals surface area contributed by atoms with Crippen LogP contribution in [-0.2, 0) is 28.7 Å². The average molecular weight is 743 g/mol. The third kappa shape index (κ3) is 9.69. The molecule has 2 aliphatic rings. The summed E-state index contributed by atoms with van der Waals surface area (Å²) in [6.45, 7) is 5.34. The number of aromatic amines is 2. The highest BCUT2D eigenvalue weighted by Crippen LogP contribution is 2.33. The zero-order valence-corrected chi connectivity index (χ0v) is 30.7. The SMILES string of the molecule is COC(=O)[C@@H]1C[C@@H](c2ncc(-c3ccccc3)[nH]2)CN1C(=O)CNC(=O)OC(C)(C)C.NCC(=O)N1C[C@H](c2ncc(-c3ccccc3)[nH]2)C[C@H]1C(=O)O. The molecular formula is C38H46N8O8. The van der Waals surface area contributed by atoms with Gasteiger partial charge in [0, 0.05) is 24.9 Å². The largest absolute Gasteiger partial charge is 0.480 e. The Kier molecular flexibility index (Phi) is 12.5. The maximum absolute atomic E-state index is 12.8. The van der Waals surface area contributed by atoms with Crippen molar-refractivity contribution in [3.8, 4) is 22.5 Å². The maximum atomic E-state index is 12.8. The number of benzene rings is 2. The van der Waals surface area contributed by atoms with Crippen molar-refractivity contribution in [3.63, 3.8) is 0 Å². The monoisotopic (exact) mass is 742 g/mol. The van der Waals surface area contributed by atoms with Gasteiger partial charge in [0.1, 0.15) is 35.9 Å². The van der Waals surface area contributed by atoms with Gasteiger partial charge in [0.2, 0.25) is 11.8 Å². The summed E-state index contributed by atoms with van der Waals surface area (Å²) in [4.78, 5) is 78.3. The van der Waals surface area contributed by atoms with Crippen molar-refractivity contribution in [1.82, 2.24) is 35.1 Å². The van der Waals surface area contributed by atoms with Gasteiger partial charge in [-0.15, -0.1) is 0 Å². The Morgan fingerprint density at radius 3 is 1.74 bits per heavy atom. The minimum Gasteiger partial charge on any atom is -0.480 e. The van der Waals surface area contributed by atoms with E-state index in [4.69, 9.17) is 15.2 Å². The number of aromatic nitrogens is 4. The second-order valence-electron chi connectivity index (χ2n) is 14.0. The normalized spacial score (nSPS) is 19.4. The number of ether oxygens (including phenoxy) is 2. The molecule has 0 radical (unpaired) electrons. The van der Waals surface area contributed by atoms with Gasteiger partial charge in [-0.05, 0) is 44.7 Å². The molecule has 2 aliphatic heterocycles. The summed E-state index contributed by atoms with van der Waals surface area (Å²) in [5.74, 6) is -1.15. The number of aliphatic carboxylic acids is 1. The molecule has 0 unspecified atom stereocenters. The number of nitrogens with zero attached hydrogens (tertiary/aromatic N) is 4. The van der Waals surface area contributed by atoms with Crippen molar-refractivity contribution in [2.45, 2.75) is 63.1 Å². The van der Waals surface area contributed by atoms with Crippen LogP contribution in [0.4, 0.5) is 4.79 Å². The van der Waals surface area contributed by atoms with Gasteiger partial charge in [0.25, 0.3) is 0 Å². The van der Waals surface area contributed by atoms with E-state index in [9.17, 15) is 29.1 Å². The van der Waals surface area contributed by atoms with Crippen LogP contribution in [0.3, 0.4) is 0 Å². The van der Waals surface area contributed by atoms with Crippen molar-refractivity contribution < 1.29 is 38.6 Å². The summed E-state index contributed by atoms with van der Waals surface area (Å²) in [6.07, 6.45) is 3.50. The quantitative estimate of drug-likeness (QED) is 0.157. The van der Waals surface area contributed by atoms with Gasteiger partial charge in [0.05, 0.1) is 37.4 Å². The van der Waals surface area contributed by atoms with Crippen molar-refractivity contribution in [2.24, 2.45) is 5.73 Å². The Morgan fingerprint density at radius 1 is 0.815 bits per heavy atom. The van der Waals surface area contributed by atoms with Crippen molar-refractivity contribution in [3.05, 3.63) is 84.7 Å². The molecule has 286 valence electrons. The lowest BCUT2D eigenvalue weighted by Gasteiger charge is -2.23. The molecule has 2 fully saturated rings. The van der Waals surface area contributed by atoms with Crippen LogP contribution in [0.15, 0.2) is 73.1 Å². The number of rotatable bonds is 9. The molecule has 3 amide bonds. The number of esters is 1. The lowest BCUT2D eigenvalue weighted by molar-refractivity contribution is -0.150. The molecule has 0 spiro atoms. The van der Waals surface area contributed by atoms with E-state index in [-0.39, 0.29) is 37.4 Å². The average Bonchev–Trinajstić information content (AvgIpc) is 3.99. The zero-order valence-electron chi connectivity index (χ0n) is 30.7.